The zero-order valence-electron chi connectivity index (χ0n) is 13.5. The van der Waals surface area contributed by atoms with E-state index in [0.29, 0.717) is 16.8 Å². The molecule has 1 atom stereocenters. The average Bonchev–Trinajstić information content (AvgIpc) is 2.83. The third kappa shape index (κ3) is 3.12. The van der Waals surface area contributed by atoms with E-state index in [1.165, 1.54) is 11.8 Å². The van der Waals surface area contributed by atoms with Crippen LogP contribution >= 0.6 is 11.8 Å². The molecule has 2 aliphatic heterocycles. The number of carboxylic acids is 1. The first-order chi connectivity index (χ1) is 11.9. The van der Waals surface area contributed by atoms with Crippen molar-refractivity contribution in [3.8, 4) is 0 Å². The van der Waals surface area contributed by atoms with Crippen LogP contribution in [0.5, 0.6) is 0 Å². The second kappa shape index (κ2) is 6.64. The van der Waals surface area contributed by atoms with E-state index in [2.05, 4.69) is 0 Å². The Bertz CT molecular complexity index is 828. The van der Waals surface area contributed by atoms with E-state index >= 15 is 0 Å². The number of amides is 1. The summed E-state index contributed by atoms with van der Waals surface area (Å²) in [6.07, 6.45) is -0.0427. The monoisotopic (exact) mass is 361 g/mol. The van der Waals surface area contributed by atoms with Crippen molar-refractivity contribution in [2.75, 3.05) is 10.7 Å². The highest BCUT2D eigenvalue weighted by atomic mass is 32.2. The first-order valence-electron chi connectivity index (χ1n) is 7.42. The number of cyclic esters (lactones) is 1. The van der Waals surface area contributed by atoms with Gasteiger partial charge < -0.3 is 14.6 Å². The van der Waals surface area contributed by atoms with Gasteiger partial charge in [-0.1, -0.05) is 12.1 Å². The van der Waals surface area contributed by atoms with E-state index < -0.39 is 18.2 Å². The predicted octanol–water partition coefficient (Wildman–Crippen LogP) is 2.29. The third-order valence-electron chi connectivity index (χ3n) is 3.94. The molecule has 8 heteroatoms. The van der Waals surface area contributed by atoms with E-state index in [9.17, 15) is 19.5 Å². The zero-order valence-corrected chi connectivity index (χ0v) is 14.3. The van der Waals surface area contributed by atoms with E-state index in [0.717, 1.165) is 16.1 Å². The first-order valence-corrected chi connectivity index (χ1v) is 8.40. The Morgan fingerprint density at radius 1 is 1.36 bits per heavy atom. The van der Waals surface area contributed by atoms with Crippen molar-refractivity contribution in [1.82, 2.24) is 0 Å². The lowest BCUT2D eigenvalue weighted by atomic mass is 10.2. The summed E-state index contributed by atoms with van der Waals surface area (Å²) in [5, 5.41) is 9.54. The van der Waals surface area contributed by atoms with Gasteiger partial charge in [0.15, 0.2) is 5.70 Å². The Morgan fingerprint density at radius 3 is 2.72 bits per heavy atom. The van der Waals surface area contributed by atoms with Crippen molar-refractivity contribution in [2.45, 2.75) is 25.0 Å². The Kier molecular flexibility index (Phi) is 4.54. The quantitative estimate of drug-likeness (QED) is 0.499. The van der Waals surface area contributed by atoms with Gasteiger partial charge in [0.25, 0.3) is 6.29 Å². The number of para-hydroxylation sites is 1. The molecule has 0 aliphatic carbocycles. The van der Waals surface area contributed by atoms with E-state index in [1.807, 2.05) is 12.1 Å². The average molecular weight is 361 g/mol. The summed E-state index contributed by atoms with van der Waals surface area (Å²) in [5.41, 5.74) is 1.12. The van der Waals surface area contributed by atoms with Crippen LogP contribution < -0.4 is 4.90 Å². The number of benzene rings is 1. The normalized spacial score (nSPS) is 20.5. The van der Waals surface area contributed by atoms with Gasteiger partial charge in [0.05, 0.1) is 11.4 Å². The summed E-state index contributed by atoms with van der Waals surface area (Å²) in [7, 11) is 0. The number of esters is 1. The number of fused-ring (bicyclic) bond motifs is 1. The lowest BCUT2D eigenvalue weighted by Crippen LogP contribution is -2.37. The predicted molar refractivity (Wildman–Crippen MR) is 89.7 cm³/mol. The molecule has 1 aromatic carbocycles. The molecule has 130 valence electrons. The topological polar surface area (TPSA) is 93.1 Å². The zero-order chi connectivity index (χ0) is 18.1. The lowest BCUT2D eigenvalue weighted by molar-refractivity contribution is -0.153. The number of hydrogen-bond donors (Lipinski definition) is 1. The lowest BCUT2D eigenvalue weighted by Gasteiger charge is -2.28. The van der Waals surface area contributed by atoms with Crippen LogP contribution in [0.4, 0.5) is 5.69 Å². The SMILES string of the molecule is CC1=C(C)C(O/C=C(/C(=O)O)N2C(=O)CSc3ccccc32)OC1=O. The Morgan fingerprint density at radius 2 is 2.08 bits per heavy atom. The summed E-state index contributed by atoms with van der Waals surface area (Å²) < 4.78 is 10.4. The van der Waals surface area contributed by atoms with Crippen molar-refractivity contribution in [2.24, 2.45) is 0 Å². The molecule has 0 spiro atoms. The second-order valence-electron chi connectivity index (χ2n) is 5.48. The van der Waals surface area contributed by atoms with Gasteiger partial charge in [-0.25, -0.2) is 9.59 Å². The molecule has 0 bridgehead atoms. The third-order valence-corrected chi connectivity index (χ3v) is 4.98. The maximum atomic E-state index is 12.3. The largest absolute Gasteiger partial charge is 0.476 e. The van der Waals surface area contributed by atoms with Gasteiger partial charge in [0.1, 0.15) is 6.26 Å². The van der Waals surface area contributed by atoms with Crippen molar-refractivity contribution >= 4 is 35.3 Å². The Labute approximate surface area is 147 Å². The van der Waals surface area contributed by atoms with Crippen LogP contribution in [0.1, 0.15) is 13.8 Å². The fraction of sp³-hybridized carbons (Fsp3) is 0.235. The maximum Gasteiger partial charge on any atom is 0.356 e. The minimum atomic E-state index is -1.32. The highest BCUT2D eigenvalue weighted by molar-refractivity contribution is 8.00. The smallest absolute Gasteiger partial charge is 0.356 e. The highest BCUT2D eigenvalue weighted by Crippen LogP contribution is 2.37. The number of carbonyl (C=O) groups excluding carboxylic acids is 2. The van der Waals surface area contributed by atoms with Gasteiger partial charge in [-0.2, -0.15) is 0 Å². The number of hydrogen-bond acceptors (Lipinski definition) is 6. The number of carbonyl (C=O) groups is 3. The standard InChI is InChI=1S/C17H15NO6S/c1-9-10(2)17(24-16(9)22)23-7-12(15(20)21)18-11-5-3-4-6-13(11)25-8-14(18)19/h3-7,17H,8H2,1-2H3,(H,20,21)/b12-7-. The molecule has 0 radical (unpaired) electrons. The molecule has 2 heterocycles. The summed E-state index contributed by atoms with van der Waals surface area (Å²) >= 11 is 1.35. The molecule has 2 aliphatic rings. The minimum Gasteiger partial charge on any atom is -0.476 e. The molecule has 1 aromatic rings. The number of ether oxygens (including phenoxy) is 2. The van der Waals surface area contributed by atoms with E-state index in [4.69, 9.17) is 9.47 Å². The summed E-state index contributed by atoms with van der Waals surface area (Å²) in [6, 6.07) is 7.02. The Balaban J connectivity index is 1.93. The summed E-state index contributed by atoms with van der Waals surface area (Å²) in [4.78, 5) is 37.5. The molecular formula is C17H15NO6S. The molecule has 7 nitrogen and oxygen atoms in total. The van der Waals surface area contributed by atoms with E-state index in [1.54, 1.807) is 26.0 Å². The molecule has 0 fully saturated rings. The van der Waals surface area contributed by atoms with Crippen LogP contribution in [0.3, 0.4) is 0 Å². The van der Waals surface area contributed by atoms with Gasteiger partial charge in [0.2, 0.25) is 5.91 Å². The number of nitrogens with zero attached hydrogens (tertiary/aromatic N) is 1. The van der Waals surface area contributed by atoms with Crippen LogP contribution in [0.25, 0.3) is 0 Å². The van der Waals surface area contributed by atoms with Gasteiger partial charge >= 0.3 is 11.9 Å². The first kappa shape index (κ1) is 17.1. The summed E-state index contributed by atoms with van der Waals surface area (Å²) in [5.74, 6) is -2.08. The van der Waals surface area contributed by atoms with Crippen molar-refractivity contribution in [3.63, 3.8) is 0 Å². The molecule has 1 unspecified atom stereocenters. The fourth-order valence-electron chi connectivity index (χ4n) is 2.43. The van der Waals surface area contributed by atoms with Crippen LogP contribution in [-0.2, 0) is 23.9 Å². The minimum absolute atomic E-state index is 0.123. The molecule has 1 amide bonds. The van der Waals surface area contributed by atoms with Gasteiger partial charge in [0, 0.05) is 16.0 Å². The molecule has 0 aromatic heterocycles. The molecule has 3 rings (SSSR count). The number of thioether (sulfide) groups is 1. The molecule has 25 heavy (non-hydrogen) atoms. The maximum absolute atomic E-state index is 12.3. The van der Waals surface area contributed by atoms with Crippen LogP contribution in [0.2, 0.25) is 0 Å². The number of rotatable bonds is 4. The number of aliphatic carboxylic acids is 1. The summed E-state index contributed by atoms with van der Waals surface area (Å²) in [6.45, 7) is 3.27. The Hall–Kier alpha value is -2.74. The van der Waals surface area contributed by atoms with Crippen molar-refractivity contribution < 1.29 is 29.0 Å². The van der Waals surface area contributed by atoms with Crippen molar-refractivity contribution in [1.29, 1.82) is 0 Å². The molecule has 1 N–H and O–H groups in total. The molecule has 0 saturated heterocycles. The molecular weight excluding hydrogens is 346 g/mol. The number of anilines is 1. The van der Waals surface area contributed by atoms with Crippen LogP contribution in [0, 0.1) is 0 Å². The van der Waals surface area contributed by atoms with Crippen LogP contribution in [0.15, 0.2) is 52.3 Å². The fourth-order valence-corrected chi connectivity index (χ4v) is 3.32. The van der Waals surface area contributed by atoms with Crippen molar-refractivity contribution in [3.05, 3.63) is 47.4 Å². The second-order valence-corrected chi connectivity index (χ2v) is 6.49. The van der Waals surface area contributed by atoms with Gasteiger partial charge in [-0.3, -0.25) is 9.69 Å². The van der Waals surface area contributed by atoms with E-state index in [-0.39, 0.29) is 17.4 Å². The highest BCUT2D eigenvalue weighted by Gasteiger charge is 2.33. The van der Waals surface area contributed by atoms with Gasteiger partial charge in [-0.05, 0) is 26.0 Å². The molecule has 0 saturated carbocycles. The van der Waals surface area contributed by atoms with Gasteiger partial charge in [-0.15, -0.1) is 11.8 Å². The van der Waals surface area contributed by atoms with Crippen LogP contribution in [-0.4, -0.2) is 35.0 Å². The number of carboxylic acid groups (broad SMARTS) is 1.